The fraction of sp³-hybridized carbons (Fsp3) is 0.875. The molecule has 1 atom stereocenters. The first-order valence-electron chi connectivity index (χ1n) is 4.72. The maximum atomic E-state index is 10.8. The van der Waals surface area contributed by atoms with Gasteiger partial charge in [0.1, 0.15) is 0 Å². The molecule has 1 saturated heterocycles. The van der Waals surface area contributed by atoms with Crippen LogP contribution in [-0.4, -0.2) is 37.3 Å². The van der Waals surface area contributed by atoms with Gasteiger partial charge in [-0.3, -0.25) is 4.79 Å². The molecule has 12 heavy (non-hydrogen) atoms. The summed E-state index contributed by atoms with van der Waals surface area (Å²) in [5.74, 6) is 0.0953. The van der Waals surface area contributed by atoms with E-state index in [-0.39, 0.29) is 5.91 Å². The molecular weight excluding hydrogens is 151 g/mol. The summed E-state index contributed by atoms with van der Waals surface area (Å²) in [5, 5.41) is 2.97. The van der Waals surface area contributed by atoms with Crippen molar-refractivity contribution in [3.63, 3.8) is 0 Å². The minimum absolute atomic E-state index is 0.0953. The quantitative estimate of drug-likeness (QED) is 0.588. The highest BCUT2D eigenvalue weighted by atomic mass is 16.1. The summed E-state index contributed by atoms with van der Waals surface area (Å²) in [4.78, 5) is 13.2. The molecule has 0 aromatic rings. The summed E-state index contributed by atoms with van der Waals surface area (Å²) in [6, 6.07) is 0.385. The van der Waals surface area contributed by atoms with Gasteiger partial charge < -0.3 is 10.1 Å². The highest BCUT2D eigenvalue weighted by Gasteiger charge is 2.18. The topological polar surface area (TPSA) is 32.3 Å². The molecular formula is C8H17BN2O. The van der Waals surface area contributed by atoms with Crippen LogP contribution in [0.3, 0.4) is 0 Å². The number of hydrogen-bond acceptors (Lipinski definition) is 2. The molecule has 0 radical (unpaired) electrons. The van der Waals surface area contributed by atoms with E-state index in [1.807, 2.05) is 0 Å². The van der Waals surface area contributed by atoms with E-state index in [1.165, 1.54) is 13.0 Å². The average Bonchev–Trinajstić information content (AvgIpc) is 2.03. The summed E-state index contributed by atoms with van der Waals surface area (Å²) >= 11 is 0. The molecule has 1 fully saturated rings. The highest BCUT2D eigenvalue weighted by Crippen LogP contribution is 2.08. The van der Waals surface area contributed by atoms with E-state index in [0.29, 0.717) is 6.04 Å². The Bertz CT molecular complexity index is 163. The molecule has 1 aliphatic rings. The molecule has 0 aromatic carbocycles. The molecule has 1 N–H and O–H groups in total. The predicted molar refractivity (Wildman–Crippen MR) is 51.4 cm³/mol. The number of carbonyl (C=O) groups excluding carboxylic acids is 1. The van der Waals surface area contributed by atoms with Crippen molar-refractivity contribution < 1.29 is 4.79 Å². The Kier molecular flexibility index (Phi) is 3.60. The third kappa shape index (κ3) is 2.85. The predicted octanol–water partition coefficient (Wildman–Crippen LogP) is -0.0135. The van der Waals surface area contributed by atoms with Crippen molar-refractivity contribution in [2.75, 3.05) is 13.1 Å². The molecule has 0 spiro atoms. The molecule has 1 rings (SSSR count). The summed E-state index contributed by atoms with van der Waals surface area (Å²) < 4.78 is 0. The Labute approximate surface area is 74.8 Å². The van der Waals surface area contributed by atoms with E-state index in [4.69, 9.17) is 0 Å². The molecule has 4 heteroatoms. The van der Waals surface area contributed by atoms with E-state index < -0.39 is 0 Å². The van der Waals surface area contributed by atoms with Crippen LogP contribution in [-0.2, 0) is 4.79 Å². The maximum absolute atomic E-state index is 10.8. The Morgan fingerprint density at radius 2 is 2.42 bits per heavy atom. The first-order chi connectivity index (χ1) is 5.72. The van der Waals surface area contributed by atoms with Crippen LogP contribution in [0.2, 0.25) is 6.82 Å². The van der Waals surface area contributed by atoms with Crippen LogP contribution in [0.15, 0.2) is 0 Å². The summed E-state index contributed by atoms with van der Waals surface area (Å²) in [7, 11) is 1.09. The molecule has 0 aliphatic carbocycles. The van der Waals surface area contributed by atoms with E-state index in [9.17, 15) is 4.79 Å². The van der Waals surface area contributed by atoms with Crippen molar-refractivity contribution in [2.45, 2.75) is 32.6 Å². The number of nitrogens with zero attached hydrogens (tertiary/aromatic N) is 1. The number of rotatable bonds is 2. The zero-order chi connectivity index (χ0) is 8.97. The van der Waals surface area contributed by atoms with Gasteiger partial charge in [0.05, 0.1) is 0 Å². The fourth-order valence-electron chi connectivity index (χ4n) is 1.75. The van der Waals surface area contributed by atoms with Crippen molar-refractivity contribution >= 4 is 13.3 Å². The normalized spacial score (nSPS) is 25.0. The lowest BCUT2D eigenvalue weighted by atomic mass is 9.90. The Morgan fingerprint density at radius 1 is 1.67 bits per heavy atom. The molecule has 1 heterocycles. The first-order valence-corrected chi connectivity index (χ1v) is 4.72. The first kappa shape index (κ1) is 9.58. The van der Waals surface area contributed by atoms with Gasteiger partial charge in [-0.25, -0.2) is 0 Å². The minimum Gasteiger partial charge on any atom is -0.352 e. The molecule has 68 valence electrons. The van der Waals surface area contributed by atoms with Gasteiger partial charge in [-0.1, -0.05) is 6.82 Å². The molecule has 0 bridgehead atoms. The van der Waals surface area contributed by atoms with Gasteiger partial charge in [0, 0.05) is 19.5 Å². The number of nitrogens with one attached hydrogen (secondary N) is 1. The average molecular weight is 168 g/mol. The third-order valence-corrected chi connectivity index (χ3v) is 2.36. The van der Waals surface area contributed by atoms with Crippen LogP contribution in [0, 0.1) is 0 Å². The van der Waals surface area contributed by atoms with E-state index in [2.05, 4.69) is 17.0 Å². The Hall–Kier alpha value is -0.505. The summed E-state index contributed by atoms with van der Waals surface area (Å²) in [6.07, 6.45) is 2.34. The zero-order valence-electron chi connectivity index (χ0n) is 7.97. The smallest absolute Gasteiger partial charge is 0.217 e. The van der Waals surface area contributed by atoms with Gasteiger partial charge in [-0.2, -0.15) is 0 Å². The highest BCUT2D eigenvalue weighted by molar-refractivity contribution is 6.29. The maximum Gasteiger partial charge on any atom is 0.217 e. The van der Waals surface area contributed by atoms with Crippen molar-refractivity contribution in [3.8, 4) is 0 Å². The fourth-order valence-corrected chi connectivity index (χ4v) is 1.75. The molecule has 0 saturated carbocycles. The molecule has 3 nitrogen and oxygen atoms in total. The van der Waals surface area contributed by atoms with E-state index >= 15 is 0 Å². The van der Waals surface area contributed by atoms with Crippen LogP contribution in [0.25, 0.3) is 0 Å². The Balaban J connectivity index is 2.30. The van der Waals surface area contributed by atoms with Gasteiger partial charge in [-0.05, 0) is 19.4 Å². The van der Waals surface area contributed by atoms with Crippen molar-refractivity contribution in [3.05, 3.63) is 0 Å². The minimum atomic E-state index is 0.0953. The monoisotopic (exact) mass is 168 g/mol. The van der Waals surface area contributed by atoms with Gasteiger partial charge in [0.25, 0.3) is 0 Å². The number of hydrogen-bond donors (Lipinski definition) is 1. The van der Waals surface area contributed by atoms with Gasteiger partial charge in [0.15, 0.2) is 0 Å². The van der Waals surface area contributed by atoms with Crippen LogP contribution < -0.4 is 5.32 Å². The standard InChI is InChI=1S/C8H17BN2O/c1-7(12)10-8-4-3-5-11(6-8)9-2/h8-9H,3-6H2,1-2H3,(H,10,12). The van der Waals surface area contributed by atoms with E-state index in [0.717, 1.165) is 20.4 Å². The van der Waals surface area contributed by atoms with Crippen LogP contribution in [0.5, 0.6) is 0 Å². The van der Waals surface area contributed by atoms with Crippen LogP contribution in [0.4, 0.5) is 0 Å². The largest absolute Gasteiger partial charge is 0.352 e. The van der Waals surface area contributed by atoms with E-state index in [1.54, 1.807) is 6.92 Å². The van der Waals surface area contributed by atoms with Crippen molar-refractivity contribution in [1.82, 2.24) is 10.1 Å². The van der Waals surface area contributed by atoms with Gasteiger partial charge >= 0.3 is 0 Å². The second-order valence-electron chi connectivity index (χ2n) is 3.43. The molecule has 1 aliphatic heterocycles. The second kappa shape index (κ2) is 4.50. The second-order valence-corrected chi connectivity index (χ2v) is 3.43. The lowest BCUT2D eigenvalue weighted by molar-refractivity contribution is -0.119. The van der Waals surface area contributed by atoms with Crippen molar-refractivity contribution in [2.24, 2.45) is 0 Å². The summed E-state index contributed by atoms with van der Waals surface area (Å²) in [6.45, 7) is 5.96. The molecule has 1 amide bonds. The zero-order valence-corrected chi connectivity index (χ0v) is 7.97. The number of carbonyl (C=O) groups is 1. The molecule has 0 aromatic heterocycles. The van der Waals surface area contributed by atoms with Crippen LogP contribution >= 0.6 is 0 Å². The van der Waals surface area contributed by atoms with Crippen LogP contribution in [0.1, 0.15) is 19.8 Å². The Morgan fingerprint density at radius 3 is 3.00 bits per heavy atom. The molecule has 1 unspecified atom stereocenters. The van der Waals surface area contributed by atoms with Crippen molar-refractivity contribution in [1.29, 1.82) is 0 Å². The number of amides is 1. The lowest BCUT2D eigenvalue weighted by Crippen LogP contribution is -2.47. The third-order valence-electron chi connectivity index (χ3n) is 2.36. The number of piperidine rings is 1. The SMILES string of the molecule is CBN1CCCC(NC(C)=O)C1. The lowest BCUT2D eigenvalue weighted by Gasteiger charge is -2.31. The van der Waals surface area contributed by atoms with Gasteiger partial charge in [0.2, 0.25) is 13.3 Å². The summed E-state index contributed by atoms with van der Waals surface area (Å²) in [5.41, 5.74) is 0. The van der Waals surface area contributed by atoms with Gasteiger partial charge in [-0.15, -0.1) is 0 Å².